The molecule has 3 aliphatic rings. The number of ether oxygens (including phenoxy) is 1. The van der Waals surface area contributed by atoms with Crippen molar-refractivity contribution >= 4 is 5.97 Å². The van der Waals surface area contributed by atoms with E-state index in [1.54, 1.807) is 0 Å². The van der Waals surface area contributed by atoms with Crippen LogP contribution in [0.2, 0.25) is 0 Å². The summed E-state index contributed by atoms with van der Waals surface area (Å²) in [5.74, 6) is 2.35. The first-order valence-electron chi connectivity index (χ1n) is 10.6. The van der Waals surface area contributed by atoms with E-state index < -0.39 is 0 Å². The molecule has 1 N–H and O–H groups in total. The molecule has 0 aliphatic heterocycles. The molecular formula is C23H38O3. The van der Waals surface area contributed by atoms with E-state index in [4.69, 9.17) is 4.74 Å². The van der Waals surface area contributed by atoms with E-state index >= 15 is 0 Å². The molecule has 3 rings (SSSR count). The number of rotatable bonds is 4. The summed E-state index contributed by atoms with van der Waals surface area (Å²) in [6.45, 7) is 13.8. The molecule has 3 nitrogen and oxygen atoms in total. The zero-order valence-corrected chi connectivity index (χ0v) is 17.2. The van der Waals surface area contributed by atoms with Crippen LogP contribution in [-0.4, -0.2) is 24.3 Å². The van der Waals surface area contributed by atoms with Crippen molar-refractivity contribution < 1.29 is 14.6 Å². The second-order valence-electron chi connectivity index (χ2n) is 10.0. The van der Waals surface area contributed by atoms with Gasteiger partial charge >= 0.3 is 5.97 Å². The normalized spacial score (nSPS) is 46.0. The van der Waals surface area contributed by atoms with Gasteiger partial charge < -0.3 is 9.84 Å². The van der Waals surface area contributed by atoms with Crippen molar-refractivity contribution in [2.75, 3.05) is 13.2 Å². The molecule has 3 aliphatic carbocycles. The maximum absolute atomic E-state index is 11.4. The Bertz CT molecular complexity index is 556. The molecule has 0 amide bonds. The molecule has 0 heterocycles. The summed E-state index contributed by atoms with van der Waals surface area (Å²) in [5.41, 5.74) is 1.77. The van der Waals surface area contributed by atoms with Gasteiger partial charge in [0.1, 0.15) is 0 Å². The minimum atomic E-state index is -0.174. The molecule has 3 fully saturated rings. The van der Waals surface area contributed by atoms with Crippen LogP contribution in [0.4, 0.5) is 0 Å². The first kappa shape index (κ1) is 19.9. The first-order valence-corrected chi connectivity index (χ1v) is 10.6. The van der Waals surface area contributed by atoms with E-state index in [2.05, 4.69) is 27.4 Å². The predicted octanol–water partition coefficient (Wildman–Crippen LogP) is 4.98. The topological polar surface area (TPSA) is 46.5 Å². The van der Waals surface area contributed by atoms with Crippen molar-refractivity contribution in [3.63, 3.8) is 0 Å². The highest BCUT2D eigenvalue weighted by atomic mass is 16.5. The van der Waals surface area contributed by atoms with E-state index in [9.17, 15) is 9.90 Å². The lowest BCUT2D eigenvalue weighted by Gasteiger charge is -2.56. The molecule has 0 aromatic rings. The fraction of sp³-hybridized carbons (Fsp3) is 0.870. The van der Waals surface area contributed by atoms with Gasteiger partial charge in [0.2, 0.25) is 0 Å². The van der Waals surface area contributed by atoms with Crippen LogP contribution in [0, 0.1) is 40.4 Å². The molecule has 3 saturated carbocycles. The lowest BCUT2D eigenvalue weighted by Crippen LogP contribution is -2.51. The Morgan fingerprint density at radius 1 is 1.23 bits per heavy atom. The van der Waals surface area contributed by atoms with E-state index in [0.29, 0.717) is 36.2 Å². The van der Waals surface area contributed by atoms with Crippen LogP contribution in [0.15, 0.2) is 12.2 Å². The average molecular weight is 363 g/mol. The number of aliphatic hydroxyl groups is 1. The summed E-state index contributed by atoms with van der Waals surface area (Å²) in [6, 6.07) is 0. The maximum atomic E-state index is 11.4. The maximum Gasteiger partial charge on any atom is 0.302 e. The van der Waals surface area contributed by atoms with Gasteiger partial charge in [0, 0.05) is 13.5 Å². The fourth-order valence-electron chi connectivity index (χ4n) is 6.87. The van der Waals surface area contributed by atoms with Gasteiger partial charge in [-0.05, 0) is 78.9 Å². The summed E-state index contributed by atoms with van der Waals surface area (Å²) in [5, 5.41) is 10.4. The smallest absolute Gasteiger partial charge is 0.302 e. The van der Waals surface area contributed by atoms with Crippen molar-refractivity contribution in [3.05, 3.63) is 12.2 Å². The summed E-state index contributed by atoms with van der Waals surface area (Å²) >= 11 is 0. The minimum absolute atomic E-state index is 0.153. The number of carbonyl (C=O) groups is 1. The number of hydrogen-bond donors (Lipinski definition) is 1. The minimum Gasteiger partial charge on any atom is -0.466 e. The Hall–Kier alpha value is -0.830. The Kier molecular flexibility index (Phi) is 5.59. The molecule has 0 saturated heterocycles. The second-order valence-corrected chi connectivity index (χ2v) is 10.0. The SMILES string of the molecule is C=C1CC[C@H]2[C@H](CO)[C@@H]([C@@]3(C)CC[C@H](C)C[C@@H]3COC(C)=O)CC[C@]12C. The van der Waals surface area contributed by atoms with Gasteiger partial charge in [0.05, 0.1) is 6.61 Å². The predicted molar refractivity (Wildman–Crippen MR) is 105 cm³/mol. The summed E-state index contributed by atoms with van der Waals surface area (Å²) in [7, 11) is 0. The van der Waals surface area contributed by atoms with Crippen molar-refractivity contribution in [2.24, 2.45) is 40.4 Å². The van der Waals surface area contributed by atoms with Crippen molar-refractivity contribution in [1.82, 2.24) is 0 Å². The summed E-state index contributed by atoms with van der Waals surface area (Å²) in [4.78, 5) is 11.4. The van der Waals surface area contributed by atoms with Crippen molar-refractivity contribution in [3.8, 4) is 0 Å². The van der Waals surface area contributed by atoms with Gasteiger partial charge in [-0.3, -0.25) is 4.79 Å². The average Bonchev–Trinajstić information content (AvgIpc) is 2.90. The van der Waals surface area contributed by atoms with Crippen molar-refractivity contribution in [2.45, 2.75) is 72.6 Å². The van der Waals surface area contributed by atoms with Crippen LogP contribution >= 0.6 is 0 Å². The van der Waals surface area contributed by atoms with Crippen LogP contribution in [0.3, 0.4) is 0 Å². The third-order valence-corrected chi connectivity index (χ3v) is 8.73. The number of allylic oxidation sites excluding steroid dienone is 1. The van der Waals surface area contributed by atoms with Gasteiger partial charge in [-0.1, -0.05) is 39.3 Å². The van der Waals surface area contributed by atoms with Crippen LogP contribution < -0.4 is 0 Å². The van der Waals surface area contributed by atoms with Crippen LogP contribution in [-0.2, 0) is 9.53 Å². The third kappa shape index (κ3) is 3.25. The molecule has 0 spiro atoms. The van der Waals surface area contributed by atoms with E-state index in [-0.39, 0.29) is 23.4 Å². The molecule has 3 heteroatoms. The van der Waals surface area contributed by atoms with Gasteiger partial charge in [-0.15, -0.1) is 0 Å². The fourth-order valence-corrected chi connectivity index (χ4v) is 6.87. The molecule has 26 heavy (non-hydrogen) atoms. The highest BCUT2D eigenvalue weighted by Gasteiger charge is 2.56. The van der Waals surface area contributed by atoms with Crippen LogP contribution in [0.25, 0.3) is 0 Å². The van der Waals surface area contributed by atoms with E-state index in [0.717, 1.165) is 12.8 Å². The van der Waals surface area contributed by atoms with Gasteiger partial charge in [0.25, 0.3) is 0 Å². The molecule has 0 unspecified atom stereocenters. The Balaban J connectivity index is 1.86. The third-order valence-electron chi connectivity index (χ3n) is 8.73. The highest BCUT2D eigenvalue weighted by molar-refractivity contribution is 5.65. The Labute approximate surface area is 159 Å². The molecule has 7 atom stereocenters. The van der Waals surface area contributed by atoms with Gasteiger partial charge in [-0.25, -0.2) is 0 Å². The lowest BCUT2D eigenvalue weighted by atomic mass is 9.49. The Morgan fingerprint density at radius 3 is 2.62 bits per heavy atom. The number of hydrogen-bond acceptors (Lipinski definition) is 3. The molecule has 0 aromatic heterocycles. The number of aliphatic hydroxyl groups excluding tert-OH is 1. The van der Waals surface area contributed by atoms with E-state index in [1.807, 2.05) is 0 Å². The number of esters is 1. The number of fused-ring (bicyclic) bond motifs is 1. The van der Waals surface area contributed by atoms with Crippen LogP contribution in [0.1, 0.15) is 72.6 Å². The standard InChI is InChI=1S/C23H38O3/c1-15-8-10-23(5,18(12-15)14-26-17(3)25)21-9-11-22(4)16(2)6-7-20(22)19(21)13-24/h15,18-21,24H,2,6-14H2,1,3-5H3/t15-,18+,19-,20-,21-,22+,23-/m0/s1. The number of carbonyl (C=O) groups excluding carboxylic acids is 1. The van der Waals surface area contributed by atoms with Gasteiger partial charge in [-0.2, -0.15) is 0 Å². The second kappa shape index (κ2) is 7.30. The van der Waals surface area contributed by atoms with Crippen molar-refractivity contribution in [1.29, 1.82) is 0 Å². The van der Waals surface area contributed by atoms with Gasteiger partial charge in [0.15, 0.2) is 0 Å². The highest BCUT2D eigenvalue weighted by Crippen LogP contribution is 2.63. The Morgan fingerprint density at radius 2 is 1.96 bits per heavy atom. The quantitative estimate of drug-likeness (QED) is 0.566. The monoisotopic (exact) mass is 362 g/mol. The first-order chi connectivity index (χ1) is 12.2. The molecular weight excluding hydrogens is 324 g/mol. The molecule has 0 bridgehead atoms. The molecule has 0 aromatic carbocycles. The summed E-state index contributed by atoms with van der Waals surface area (Å²) < 4.78 is 5.49. The molecule has 148 valence electrons. The van der Waals surface area contributed by atoms with E-state index in [1.165, 1.54) is 44.6 Å². The largest absolute Gasteiger partial charge is 0.466 e. The van der Waals surface area contributed by atoms with Crippen LogP contribution in [0.5, 0.6) is 0 Å². The molecule has 0 radical (unpaired) electrons. The lowest BCUT2D eigenvalue weighted by molar-refractivity contribution is -0.148. The zero-order chi connectivity index (χ0) is 19.1. The zero-order valence-electron chi connectivity index (χ0n) is 17.2. The summed E-state index contributed by atoms with van der Waals surface area (Å²) in [6.07, 6.45) is 8.23.